The molecule has 2 fully saturated rings. The second kappa shape index (κ2) is 19.8. The Bertz CT molecular complexity index is 3340. The van der Waals surface area contributed by atoms with Crippen LogP contribution in [0.25, 0.3) is 68.1 Å². The van der Waals surface area contributed by atoms with Crippen molar-refractivity contribution in [3.05, 3.63) is 71.3 Å². The number of ether oxygens (including phenoxy) is 9. The van der Waals surface area contributed by atoms with Crippen molar-refractivity contribution in [3.8, 4) is 97.0 Å². The maximum Gasteiger partial charge on any atom is 0.403 e. The van der Waals surface area contributed by atoms with Gasteiger partial charge in [0.05, 0.1) is 64.4 Å². The van der Waals surface area contributed by atoms with Gasteiger partial charge in [0.25, 0.3) is 0 Å². The first kappa shape index (κ1) is 50.8. The van der Waals surface area contributed by atoms with E-state index in [0.29, 0.717) is 0 Å². The van der Waals surface area contributed by atoms with Crippen LogP contribution in [-0.4, -0.2) is 164 Å². The Morgan fingerprint density at radius 1 is 0.573 bits per heavy atom. The van der Waals surface area contributed by atoms with Gasteiger partial charge < -0.3 is 113 Å². The molecule has 12 N–H and O–H groups in total. The third-order valence-electron chi connectivity index (χ3n) is 12.9. The zero-order valence-corrected chi connectivity index (χ0v) is 39.8. The zero-order valence-electron chi connectivity index (χ0n) is 39.8. The van der Waals surface area contributed by atoms with E-state index < -0.39 is 74.6 Å². The molecule has 0 saturated carbocycles. The second-order valence-corrected chi connectivity index (χ2v) is 17.5. The van der Waals surface area contributed by atoms with E-state index in [2.05, 4.69) is 0 Å². The van der Waals surface area contributed by atoms with Gasteiger partial charge in [0.15, 0.2) is 34.5 Å². The number of allylic oxidation sites excluding steroid dienone is 1. The Kier molecular flexibility index (Phi) is 13.4. The Hall–Kier alpha value is -7.75. The fraction of sp³-hybridized carbons (Fsp3) is 0.314. The van der Waals surface area contributed by atoms with Gasteiger partial charge in [-0.05, 0) is 24.3 Å². The van der Waals surface area contributed by atoms with E-state index in [4.69, 9.17) is 55.9 Å². The third kappa shape index (κ3) is 8.80. The highest BCUT2D eigenvalue weighted by molar-refractivity contribution is 6.01. The minimum atomic E-state index is -1.92. The highest BCUT2D eigenvalue weighted by atomic mass is 16.7. The van der Waals surface area contributed by atoms with E-state index in [9.17, 15) is 61.3 Å². The predicted octanol–water partition coefficient (Wildman–Crippen LogP) is 2.20. The van der Waals surface area contributed by atoms with Gasteiger partial charge in [0.1, 0.15) is 93.8 Å². The van der Waals surface area contributed by atoms with E-state index in [1.54, 1.807) is 0 Å². The van der Waals surface area contributed by atoms with Crippen LogP contribution in [0.3, 0.4) is 0 Å². The smallest absolute Gasteiger partial charge is 0.403 e. The van der Waals surface area contributed by atoms with Crippen LogP contribution in [0.1, 0.15) is 5.56 Å². The molecule has 5 aromatic rings. The van der Waals surface area contributed by atoms with Crippen molar-refractivity contribution in [2.24, 2.45) is 0 Å². The molecule has 0 aliphatic carbocycles. The van der Waals surface area contributed by atoms with E-state index in [-0.39, 0.29) is 136 Å². The lowest BCUT2D eigenvalue weighted by atomic mass is 9.97. The average Bonchev–Trinajstić information content (AvgIpc) is 3.39. The van der Waals surface area contributed by atoms with E-state index in [0.717, 1.165) is 0 Å². The first-order chi connectivity index (χ1) is 36.0. The van der Waals surface area contributed by atoms with Crippen LogP contribution in [0.4, 0.5) is 0 Å². The summed E-state index contributed by atoms with van der Waals surface area (Å²) >= 11 is 0. The Morgan fingerprint density at radius 3 is 1.61 bits per heavy atom. The molecule has 75 heavy (non-hydrogen) atoms. The van der Waals surface area contributed by atoms with Crippen LogP contribution in [-0.2, 0) is 9.47 Å². The molecule has 24 nitrogen and oxygen atoms in total. The second-order valence-electron chi connectivity index (χ2n) is 17.5. The van der Waals surface area contributed by atoms with Crippen molar-refractivity contribution in [2.45, 2.75) is 61.4 Å². The number of hydrogen-bond donors (Lipinski definition) is 12. The van der Waals surface area contributed by atoms with Crippen molar-refractivity contribution >= 4 is 34.3 Å². The van der Waals surface area contributed by atoms with Crippen LogP contribution in [0, 0.1) is 0 Å². The summed E-state index contributed by atoms with van der Waals surface area (Å²) < 4.78 is 71.7. The number of aliphatic hydroxyl groups is 8. The van der Waals surface area contributed by atoms with Crippen LogP contribution in [0.5, 0.6) is 63.2 Å². The maximum absolute atomic E-state index is 11.2. The van der Waals surface area contributed by atoms with Crippen molar-refractivity contribution in [1.29, 1.82) is 0 Å². The molecule has 5 aliphatic heterocycles. The fourth-order valence-corrected chi connectivity index (χ4v) is 9.17. The van der Waals surface area contributed by atoms with Gasteiger partial charge in [-0.1, -0.05) is 0 Å². The molecule has 0 radical (unpaired) electrons. The normalized spacial score (nSPS) is 24.7. The molecule has 10 rings (SSSR count). The topological polar surface area (TPSA) is 363 Å². The van der Waals surface area contributed by atoms with Crippen molar-refractivity contribution in [3.63, 3.8) is 0 Å². The van der Waals surface area contributed by atoms with Gasteiger partial charge >= 0.3 is 11.3 Å². The molecule has 0 amide bonds. The summed E-state index contributed by atoms with van der Waals surface area (Å²) in [4.78, 5) is 0. The molecular formula is C51H49O24+. The van der Waals surface area contributed by atoms with Crippen LogP contribution in [0.15, 0.2) is 73.6 Å². The Labute approximate surface area is 421 Å². The monoisotopic (exact) mass is 1050 g/mol. The molecule has 6 heterocycles. The molecule has 4 aromatic carbocycles. The average molecular weight is 1050 g/mol. The molecule has 10 atom stereocenters. The lowest BCUT2D eigenvalue weighted by molar-refractivity contribution is -0.277. The lowest BCUT2D eigenvalue weighted by Crippen LogP contribution is -2.60. The lowest BCUT2D eigenvalue weighted by Gasteiger charge is -2.40. The number of benzene rings is 4. The largest absolute Gasteiger partial charge is 0.508 e. The number of rotatable bonds is 13. The standard InChI is InChI=1S/C51H48O24/c1-64-30-5-18(6-31(65-2)38(30)56)46-48(74-50-44(62)42(60)40(58)34(16-52)72-50)24-14-22(68-26-9-20(54)11-28(70-46)36(24)26)13-23-15-25-37-27(69-23)10-21(55)12-29(37)71-47(19-7-32(66-3)39(57)33(8-19)67-4)49(25)75-51-45(63)43(61)41(59)35(17-53)73-51/h5-15,34-35,40-45,50-53,58-63H,16-17H2,1-4H3,(H3-,54,55,56,57)/p+1. The molecule has 396 valence electrons. The minimum Gasteiger partial charge on any atom is -0.508 e. The highest BCUT2D eigenvalue weighted by Gasteiger charge is 2.48. The van der Waals surface area contributed by atoms with E-state index in [1.807, 2.05) is 0 Å². The quantitative estimate of drug-likeness (QED) is 0.0737. The molecule has 2 saturated heterocycles. The number of aromatic hydroxyl groups is 4. The van der Waals surface area contributed by atoms with Gasteiger partial charge in [0.2, 0.25) is 29.8 Å². The molecule has 5 aliphatic rings. The van der Waals surface area contributed by atoms with Crippen LogP contribution in [0.2, 0.25) is 0 Å². The molecular weight excluding hydrogens is 997 g/mol. The Morgan fingerprint density at radius 2 is 1.08 bits per heavy atom. The zero-order chi connectivity index (χ0) is 53.3. The van der Waals surface area contributed by atoms with Gasteiger partial charge in [-0.2, -0.15) is 0 Å². The van der Waals surface area contributed by atoms with Crippen molar-refractivity contribution in [2.75, 3.05) is 41.7 Å². The summed E-state index contributed by atoms with van der Waals surface area (Å²) in [7, 11) is 5.17. The molecule has 0 spiro atoms. The van der Waals surface area contributed by atoms with Gasteiger partial charge in [0, 0.05) is 47.5 Å². The highest BCUT2D eigenvalue weighted by Crippen LogP contribution is 2.52. The number of methoxy groups -OCH3 is 4. The third-order valence-corrected chi connectivity index (χ3v) is 12.9. The molecule has 1 aromatic heterocycles. The minimum absolute atomic E-state index is 0.00966. The summed E-state index contributed by atoms with van der Waals surface area (Å²) in [5.74, 6) is -2.54. The molecule has 0 bridgehead atoms. The number of phenolic OH excluding ortho intramolecular Hbond substituents is 4. The van der Waals surface area contributed by atoms with Crippen molar-refractivity contribution < 1.29 is 117 Å². The number of hydrogen-bond acceptors (Lipinski definition) is 23. The molecule has 10 unspecified atom stereocenters. The van der Waals surface area contributed by atoms with Gasteiger partial charge in [-0.25, -0.2) is 4.42 Å². The first-order valence-corrected chi connectivity index (χ1v) is 22.8. The van der Waals surface area contributed by atoms with Gasteiger partial charge in [-0.3, -0.25) is 0 Å². The fourth-order valence-electron chi connectivity index (χ4n) is 9.17. The van der Waals surface area contributed by atoms with Crippen molar-refractivity contribution in [1.82, 2.24) is 0 Å². The number of aliphatic hydroxyl groups excluding tert-OH is 8. The summed E-state index contributed by atoms with van der Waals surface area (Å²) in [5.41, 5.74) is 0.647. The number of phenols is 4. The first-order valence-electron chi connectivity index (χ1n) is 22.8. The predicted molar refractivity (Wildman–Crippen MR) is 255 cm³/mol. The van der Waals surface area contributed by atoms with Crippen LogP contribution < -0.4 is 38.6 Å². The van der Waals surface area contributed by atoms with E-state index in [1.165, 1.54) is 95.2 Å². The summed E-state index contributed by atoms with van der Waals surface area (Å²) in [5, 5.41) is 130. The van der Waals surface area contributed by atoms with Gasteiger partial charge in [-0.15, -0.1) is 0 Å². The van der Waals surface area contributed by atoms with Crippen LogP contribution >= 0.6 is 0 Å². The van der Waals surface area contributed by atoms with E-state index >= 15 is 0 Å². The molecule has 24 heteroatoms. The Balaban J connectivity index is 1.23. The summed E-state index contributed by atoms with van der Waals surface area (Å²) in [6, 6.07) is 12.0. The summed E-state index contributed by atoms with van der Waals surface area (Å²) in [6.45, 7) is -1.58. The SMILES string of the molecule is COc1cc(-c2oc3cc(O)cc4o/c(=C/C5=Cc6c(OC7OC(CO)C(O)C(O)C7O)c(-c7cc(OC)c(O)c(OC)c7)[o+]c7cc(O)cc(c67)O5)cc(c2OC2OC(CO)C(O)C(O)C2O)-c34)cc(OC)c1O. The summed E-state index contributed by atoms with van der Waals surface area (Å²) in [6.07, 6.45) is -14.7. The maximum atomic E-state index is 11.2.